The molecular formula is C25H22N2O. The van der Waals surface area contributed by atoms with Gasteiger partial charge in [-0.3, -0.25) is 9.69 Å². The second-order valence-corrected chi connectivity index (χ2v) is 7.39. The number of hydrogen-bond donors (Lipinski definition) is 1. The van der Waals surface area contributed by atoms with Gasteiger partial charge in [-0.15, -0.1) is 0 Å². The first-order valence-electron chi connectivity index (χ1n) is 9.84. The van der Waals surface area contributed by atoms with Gasteiger partial charge in [0.05, 0.1) is 6.04 Å². The fourth-order valence-electron chi connectivity index (χ4n) is 4.09. The lowest BCUT2D eigenvalue weighted by atomic mass is 10.1. The molecule has 0 aromatic heterocycles. The molecule has 5 rings (SSSR count). The summed E-state index contributed by atoms with van der Waals surface area (Å²) >= 11 is 0. The van der Waals surface area contributed by atoms with E-state index in [-0.39, 0.29) is 11.9 Å². The van der Waals surface area contributed by atoms with Crippen LogP contribution in [0.3, 0.4) is 0 Å². The highest BCUT2D eigenvalue weighted by Gasteiger charge is 2.29. The van der Waals surface area contributed by atoms with Gasteiger partial charge in [0, 0.05) is 11.4 Å². The Morgan fingerprint density at radius 3 is 1.79 bits per heavy atom. The highest BCUT2D eigenvalue weighted by molar-refractivity contribution is 6.06. The van der Waals surface area contributed by atoms with Gasteiger partial charge < -0.3 is 5.32 Å². The van der Waals surface area contributed by atoms with E-state index in [2.05, 4.69) is 53.8 Å². The highest BCUT2D eigenvalue weighted by Crippen LogP contribution is 2.32. The van der Waals surface area contributed by atoms with Crippen LogP contribution in [0.5, 0.6) is 0 Å². The van der Waals surface area contributed by atoms with Crippen molar-refractivity contribution in [1.82, 2.24) is 5.32 Å². The maximum Gasteiger partial charge on any atom is 0.248 e. The predicted molar refractivity (Wildman–Crippen MR) is 116 cm³/mol. The van der Waals surface area contributed by atoms with Crippen LogP contribution in [0, 0.1) is 0 Å². The van der Waals surface area contributed by atoms with E-state index in [0.717, 1.165) is 41.5 Å². The molecule has 1 aliphatic rings. The normalized spacial score (nSPS) is 16.5. The second-order valence-electron chi connectivity index (χ2n) is 7.39. The van der Waals surface area contributed by atoms with Gasteiger partial charge in [0.15, 0.2) is 0 Å². The fraction of sp³-hybridized carbons (Fsp3) is 0.160. The van der Waals surface area contributed by atoms with Gasteiger partial charge >= 0.3 is 0 Å². The first kappa shape index (κ1) is 17.0. The Labute approximate surface area is 164 Å². The van der Waals surface area contributed by atoms with Crippen LogP contribution in [0.4, 0.5) is 11.4 Å². The molecule has 1 fully saturated rings. The van der Waals surface area contributed by atoms with Gasteiger partial charge in [0.25, 0.3) is 0 Å². The summed E-state index contributed by atoms with van der Waals surface area (Å²) in [6.07, 6.45) is 1.93. The zero-order valence-electron chi connectivity index (χ0n) is 15.6. The molecule has 138 valence electrons. The van der Waals surface area contributed by atoms with Crippen molar-refractivity contribution in [3.63, 3.8) is 0 Å². The summed E-state index contributed by atoms with van der Waals surface area (Å²) in [4.78, 5) is 15.4. The molecule has 1 heterocycles. The third kappa shape index (κ3) is 3.04. The molecule has 28 heavy (non-hydrogen) atoms. The number of anilines is 2. The van der Waals surface area contributed by atoms with Gasteiger partial charge in [-0.25, -0.2) is 0 Å². The number of fused-ring (bicyclic) bond motifs is 2. The third-order valence-corrected chi connectivity index (χ3v) is 5.56. The SMILES string of the molecule is O=C([C@@H]1CCCN1)N(c1ccc2ccccc2c1)c1ccc2ccccc2c1. The highest BCUT2D eigenvalue weighted by atomic mass is 16.2. The summed E-state index contributed by atoms with van der Waals surface area (Å²) in [5, 5.41) is 7.99. The molecule has 0 bridgehead atoms. The molecule has 0 spiro atoms. The number of amides is 1. The molecule has 1 aliphatic heterocycles. The minimum absolute atomic E-state index is 0.114. The molecule has 4 aromatic rings. The van der Waals surface area contributed by atoms with Crippen LogP contribution in [0.1, 0.15) is 12.8 Å². The summed E-state index contributed by atoms with van der Waals surface area (Å²) in [6.45, 7) is 0.902. The molecule has 1 saturated heterocycles. The molecule has 3 nitrogen and oxygen atoms in total. The Bertz CT molecular complexity index is 1080. The van der Waals surface area contributed by atoms with Crippen molar-refractivity contribution >= 4 is 38.8 Å². The lowest BCUT2D eigenvalue weighted by Gasteiger charge is -2.26. The molecule has 1 amide bonds. The van der Waals surface area contributed by atoms with Crippen molar-refractivity contribution in [2.75, 3.05) is 11.4 Å². The van der Waals surface area contributed by atoms with Crippen molar-refractivity contribution in [3.8, 4) is 0 Å². The monoisotopic (exact) mass is 366 g/mol. The van der Waals surface area contributed by atoms with Crippen LogP contribution in [-0.2, 0) is 4.79 Å². The Balaban J connectivity index is 1.65. The fourth-order valence-corrected chi connectivity index (χ4v) is 4.09. The number of nitrogens with one attached hydrogen (secondary N) is 1. The molecule has 3 heteroatoms. The van der Waals surface area contributed by atoms with Crippen LogP contribution in [-0.4, -0.2) is 18.5 Å². The Morgan fingerprint density at radius 2 is 1.29 bits per heavy atom. The van der Waals surface area contributed by atoms with Gasteiger partial charge in [0.1, 0.15) is 0 Å². The van der Waals surface area contributed by atoms with Gasteiger partial charge in [-0.2, -0.15) is 0 Å². The number of carbonyl (C=O) groups is 1. The van der Waals surface area contributed by atoms with Crippen molar-refractivity contribution in [3.05, 3.63) is 84.9 Å². The summed E-state index contributed by atoms with van der Waals surface area (Å²) in [5.41, 5.74) is 1.82. The van der Waals surface area contributed by atoms with Crippen LogP contribution < -0.4 is 10.2 Å². The van der Waals surface area contributed by atoms with E-state index in [9.17, 15) is 4.79 Å². The number of carbonyl (C=O) groups excluding carboxylic acids is 1. The van der Waals surface area contributed by atoms with E-state index in [1.807, 2.05) is 41.3 Å². The number of rotatable bonds is 3. The summed E-state index contributed by atoms with van der Waals surface area (Å²) < 4.78 is 0. The maximum atomic E-state index is 13.5. The van der Waals surface area contributed by atoms with Crippen molar-refractivity contribution in [2.24, 2.45) is 0 Å². The molecule has 1 N–H and O–H groups in total. The summed E-state index contributed by atoms with van der Waals surface area (Å²) in [6, 6.07) is 28.9. The van der Waals surface area contributed by atoms with E-state index in [1.54, 1.807) is 0 Å². The Hall–Kier alpha value is -3.17. The molecule has 0 radical (unpaired) electrons. The Morgan fingerprint density at radius 1 is 0.750 bits per heavy atom. The van der Waals surface area contributed by atoms with Crippen LogP contribution >= 0.6 is 0 Å². The van der Waals surface area contributed by atoms with Crippen LogP contribution in [0.15, 0.2) is 84.9 Å². The average Bonchev–Trinajstić information content (AvgIpc) is 3.29. The number of benzene rings is 4. The number of nitrogens with zero attached hydrogens (tertiary/aromatic N) is 1. The third-order valence-electron chi connectivity index (χ3n) is 5.56. The molecule has 1 atom stereocenters. The second kappa shape index (κ2) is 7.10. The maximum absolute atomic E-state index is 13.5. The Kier molecular flexibility index (Phi) is 4.30. The van der Waals surface area contributed by atoms with Crippen LogP contribution in [0.25, 0.3) is 21.5 Å². The largest absolute Gasteiger partial charge is 0.306 e. The zero-order valence-corrected chi connectivity index (χ0v) is 15.6. The van der Waals surface area contributed by atoms with E-state index < -0.39 is 0 Å². The summed E-state index contributed by atoms with van der Waals surface area (Å²) in [5.74, 6) is 0.114. The standard InChI is InChI=1S/C25H22N2O/c28-25(24-10-5-15-26-24)27(22-13-11-18-6-1-3-8-20(18)16-22)23-14-12-19-7-2-4-9-21(19)17-23/h1-4,6-9,11-14,16-17,24,26H,5,10,15H2/t24-/m0/s1. The topological polar surface area (TPSA) is 32.3 Å². The average molecular weight is 366 g/mol. The van der Waals surface area contributed by atoms with Crippen LogP contribution in [0.2, 0.25) is 0 Å². The first-order chi connectivity index (χ1) is 13.8. The van der Waals surface area contributed by atoms with Gasteiger partial charge in [-0.05, 0) is 65.2 Å². The van der Waals surface area contributed by atoms with Crippen molar-refractivity contribution in [1.29, 1.82) is 0 Å². The first-order valence-corrected chi connectivity index (χ1v) is 9.84. The molecule has 0 unspecified atom stereocenters. The molecule has 0 aliphatic carbocycles. The smallest absolute Gasteiger partial charge is 0.248 e. The quantitative estimate of drug-likeness (QED) is 0.526. The minimum atomic E-state index is -0.127. The van der Waals surface area contributed by atoms with E-state index in [1.165, 1.54) is 10.8 Å². The van der Waals surface area contributed by atoms with E-state index in [0.29, 0.717) is 0 Å². The van der Waals surface area contributed by atoms with Gasteiger partial charge in [-0.1, -0.05) is 60.7 Å². The number of hydrogen-bond acceptors (Lipinski definition) is 2. The molecule has 4 aromatic carbocycles. The van der Waals surface area contributed by atoms with E-state index >= 15 is 0 Å². The molecule has 0 saturated carbocycles. The lowest BCUT2D eigenvalue weighted by Crippen LogP contribution is -2.41. The minimum Gasteiger partial charge on any atom is -0.306 e. The lowest BCUT2D eigenvalue weighted by molar-refractivity contribution is -0.119. The van der Waals surface area contributed by atoms with Crippen molar-refractivity contribution < 1.29 is 4.79 Å². The predicted octanol–water partition coefficient (Wildman–Crippen LogP) is 5.41. The van der Waals surface area contributed by atoms with Gasteiger partial charge in [0.2, 0.25) is 5.91 Å². The zero-order chi connectivity index (χ0) is 18.9. The van der Waals surface area contributed by atoms with Crippen molar-refractivity contribution in [2.45, 2.75) is 18.9 Å². The summed E-state index contributed by atoms with van der Waals surface area (Å²) in [7, 11) is 0. The van der Waals surface area contributed by atoms with E-state index in [4.69, 9.17) is 0 Å². The molecular weight excluding hydrogens is 344 g/mol.